The molecule has 1 aliphatic carbocycles. The molecule has 0 aromatic carbocycles. The lowest BCUT2D eigenvalue weighted by atomic mass is 9.78. The largest absolute Gasteiger partial charge is 0.356 e. The van der Waals surface area contributed by atoms with Crippen LogP contribution in [0.2, 0.25) is 5.15 Å². The van der Waals surface area contributed by atoms with Gasteiger partial charge in [-0.05, 0) is 31.1 Å². The first kappa shape index (κ1) is 13.2. The Labute approximate surface area is 120 Å². The number of piperidine rings is 1. The fourth-order valence-corrected chi connectivity index (χ4v) is 2.92. The Bertz CT molecular complexity index is 462. The maximum absolute atomic E-state index is 6.15. The van der Waals surface area contributed by atoms with Crippen molar-refractivity contribution in [2.45, 2.75) is 51.9 Å². The van der Waals surface area contributed by atoms with E-state index in [0.29, 0.717) is 16.5 Å². The van der Waals surface area contributed by atoms with Crippen molar-refractivity contribution in [2.75, 3.05) is 18.0 Å². The summed E-state index contributed by atoms with van der Waals surface area (Å²) in [5.74, 6) is 2.54. The zero-order valence-electron chi connectivity index (χ0n) is 11.8. The fourth-order valence-electron chi connectivity index (χ4n) is 2.74. The Morgan fingerprint density at radius 3 is 2.58 bits per heavy atom. The van der Waals surface area contributed by atoms with Gasteiger partial charge in [0.05, 0.1) is 0 Å². The maximum atomic E-state index is 6.15. The van der Waals surface area contributed by atoms with E-state index in [1.54, 1.807) is 0 Å². The van der Waals surface area contributed by atoms with E-state index in [4.69, 9.17) is 16.6 Å². The van der Waals surface area contributed by atoms with E-state index in [-0.39, 0.29) is 0 Å². The van der Waals surface area contributed by atoms with Gasteiger partial charge in [0.2, 0.25) is 0 Å². The van der Waals surface area contributed by atoms with Crippen LogP contribution in [-0.2, 0) is 0 Å². The molecule has 104 valence electrons. The highest BCUT2D eigenvalue weighted by atomic mass is 35.5. The number of nitrogens with zero attached hydrogens (tertiary/aromatic N) is 3. The van der Waals surface area contributed by atoms with Crippen LogP contribution in [0.4, 0.5) is 5.82 Å². The number of rotatable bonds is 3. The van der Waals surface area contributed by atoms with E-state index in [2.05, 4.69) is 23.7 Å². The molecule has 0 bridgehead atoms. The van der Waals surface area contributed by atoms with E-state index in [1.165, 1.54) is 32.1 Å². The molecule has 1 aromatic heterocycles. The number of aromatic nitrogens is 2. The fraction of sp³-hybridized carbons (Fsp3) is 0.733. The highest BCUT2D eigenvalue weighted by Gasteiger charge is 2.31. The van der Waals surface area contributed by atoms with Gasteiger partial charge in [-0.15, -0.1) is 0 Å². The molecular weight excluding hydrogens is 258 g/mol. The lowest BCUT2D eigenvalue weighted by Crippen LogP contribution is -2.39. The lowest BCUT2D eigenvalue weighted by molar-refractivity contribution is 0.237. The van der Waals surface area contributed by atoms with Crippen LogP contribution in [-0.4, -0.2) is 23.1 Å². The zero-order chi connectivity index (χ0) is 13.5. The van der Waals surface area contributed by atoms with Crippen molar-refractivity contribution in [2.24, 2.45) is 5.41 Å². The van der Waals surface area contributed by atoms with E-state index in [0.717, 1.165) is 24.7 Å². The monoisotopic (exact) mass is 279 g/mol. The molecule has 0 atom stereocenters. The smallest absolute Gasteiger partial charge is 0.135 e. The second-order valence-corrected chi connectivity index (χ2v) is 6.72. The Balaban J connectivity index is 1.76. The maximum Gasteiger partial charge on any atom is 0.135 e. The van der Waals surface area contributed by atoms with Gasteiger partial charge >= 0.3 is 0 Å². The summed E-state index contributed by atoms with van der Waals surface area (Å²) in [6.07, 6.45) is 6.17. The van der Waals surface area contributed by atoms with Gasteiger partial charge in [0, 0.05) is 25.1 Å². The number of halogens is 1. The minimum atomic E-state index is 0.507. The van der Waals surface area contributed by atoms with Gasteiger partial charge in [-0.3, -0.25) is 0 Å². The molecule has 0 radical (unpaired) electrons. The van der Waals surface area contributed by atoms with E-state index in [9.17, 15) is 0 Å². The molecule has 3 nitrogen and oxygen atoms in total. The predicted molar refractivity (Wildman–Crippen MR) is 78.9 cm³/mol. The van der Waals surface area contributed by atoms with Crippen LogP contribution >= 0.6 is 11.6 Å². The van der Waals surface area contributed by atoms with Crippen LogP contribution in [0.3, 0.4) is 0 Å². The van der Waals surface area contributed by atoms with Gasteiger partial charge in [-0.25, -0.2) is 9.97 Å². The van der Waals surface area contributed by atoms with Gasteiger partial charge < -0.3 is 4.90 Å². The van der Waals surface area contributed by atoms with E-state index in [1.807, 2.05) is 6.07 Å². The summed E-state index contributed by atoms with van der Waals surface area (Å²) in [5, 5.41) is 0.593. The molecule has 1 aromatic rings. The van der Waals surface area contributed by atoms with E-state index >= 15 is 0 Å². The Hall–Kier alpha value is -0.830. The summed E-state index contributed by atoms with van der Waals surface area (Å²) < 4.78 is 0. The molecule has 0 amide bonds. The number of anilines is 1. The zero-order valence-corrected chi connectivity index (χ0v) is 12.6. The van der Waals surface area contributed by atoms with Crippen molar-refractivity contribution < 1.29 is 0 Å². The van der Waals surface area contributed by atoms with Crippen LogP contribution in [0.25, 0.3) is 0 Å². The van der Waals surface area contributed by atoms with Crippen LogP contribution < -0.4 is 4.90 Å². The Morgan fingerprint density at radius 1 is 1.32 bits per heavy atom. The summed E-state index contributed by atoms with van der Waals surface area (Å²) in [4.78, 5) is 11.5. The van der Waals surface area contributed by atoms with Gasteiger partial charge in [0.15, 0.2) is 0 Å². The molecular formula is C15H22ClN3. The first-order valence-electron chi connectivity index (χ1n) is 7.39. The minimum absolute atomic E-state index is 0.507. The highest BCUT2D eigenvalue weighted by molar-refractivity contribution is 6.29. The molecule has 4 heteroatoms. The summed E-state index contributed by atoms with van der Waals surface area (Å²) >= 11 is 6.15. The molecule has 2 aliphatic rings. The third-order valence-electron chi connectivity index (χ3n) is 4.79. The molecule has 1 aliphatic heterocycles. The SMILES string of the molecule is CCC1(C)CCN(c2cc(Cl)nc(C3CC3)n2)CC1. The Kier molecular flexibility index (Phi) is 3.42. The lowest BCUT2D eigenvalue weighted by Gasteiger charge is -2.39. The van der Waals surface area contributed by atoms with Crippen LogP contribution in [0, 0.1) is 5.41 Å². The van der Waals surface area contributed by atoms with E-state index < -0.39 is 0 Å². The van der Waals surface area contributed by atoms with Crippen molar-refractivity contribution in [3.05, 3.63) is 17.0 Å². The molecule has 2 fully saturated rings. The molecule has 2 heterocycles. The second-order valence-electron chi connectivity index (χ2n) is 6.33. The molecule has 0 unspecified atom stereocenters. The molecule has 0 spiro atoms. The average molecular weight is 280 g/mol. The van der Waals surface area contributed by atoms with Crippen LogP contribution in [0.1, 0.15) is 57.7 Å². The summed E-state index contributed by atoms with van der Waals surface area (Å²) in [6, 6.07) is 1.92. The summed E-state index contributed by atoms with van der Waals surface area (Å²) in [5.41, 5.74) is 0.507. The second kappa shape index (κ2) is 4.93. The first-order valence-corrected chi connectivity index (χ1v) is 7.77. The first-order chi connectivity index (χ1) is 9.09. The predicted octanol–water partition coefficient (Wildman–Crippen LogP) is 4.02. The number of hydrogen-bond acceptors (Lipinski definition) is 3. The van der Waals surface area contributed by atoms with Crippen molar-refractivity contribution >= 4 is 17.4 Å². The van der Waals surface area contributed by atoms with Gasteiger partial charge in [0.1, 0.15) is 16.8 Å². The minimum Gasteiger partial charge on any atom is -0.356 e. The topological polar surface area (TPSA) is 29.0 Å². The summed E-state index contributed by atoms with van der Waals surface area (Å²) in [6.45, 7) is 6.86. The third kappa shape index (κ3) is 2.86. The number of hydrogen-bond donors (Lipinski definition) is 0. The van der Waals surface area contributed by atoms with Crippen molar-refractivity contribution in [1.29, 1.82) is 0 Å². The van der Waals surface area contributed by atoms with Gasteiger partial charge in [-0.2, -0.15) is 0 Å². The van der Waals surface area contributed by atoms with Gasteiger partial charge in [0.25, 0.3) is 0 Å². The molecule has 1 saturated heterocycles. The summed E-state index contributed by atoms with van der Waals surface area (Å²) in [7, 11) is 0. The molecule has 19 heavy (non-hydrogen) atoms. The normalized spacial score (nSPS) is 22.6. The van der Waals surface area contributed by atoms with Gasteiger partial charge in [-0.1, -0.05) is 31.9 Å². The third-order valence-corrected chi connectivity index (χ3v) is 4.98. The standard InChI is InChI=1S/C15H22ClN3/c1-3-15(2)6-8-19(9-7-15)13-10-12(16)17-14(18-13)11-4-5-11/h10-11H,3-9H2,1-2H3. The average Bonchev–Trinajstić information content (AvgIpc) is 3.23. The van der Waals surface area contributed by atoms with Crippen molar-refractivity contribution in [1.82, 2.24) is 9.97 Å². The van der Waals surface area contributed by atoms with Crippen molar-refractivity contribution in [3.8, 4) is 0 Å². The Morgan fingerprint density at radius 2 is 2.00 bits per heavy atom. The molecule has 1 saturated carbocycles. The molecule has 0 N–H and O–H groups in total. The highest BCUT2D eigenvalue weighted by Crippen LogP contribution is 2.40. The van der Waals surface area contributed by atoms with Crippen LogP contribution in [0.5, 0.6) is 0 Å². The van der Waals surface area contributed by atoms with Crippen LogP contribution in [0.15, 0.2) is 6.07 Å². The van der Waals surface area contributed by atoms with Crippen molar-refractivity contribution in [3.63, 3.8) is 0 Å². The molecule has 3 rings (SSSR count). The quantitative estimate of drug-likeness (QED) is 0.783.